The summed E-state index contributed by atoms with van der Waals surface area (Å²) in [5.41, 5.74) is 0.189. The van der Waals surface area contributed by atoms with E-state index in [-0.39, 0.29) is 5.44 Å². The summed E-state index contributed by atoms with van der Waals surface area (Å²) in [6, 6.07) is 5.99. The SMILES string of the molecule is c1cc2c(cc1SC1CNCCO1)OCO2. The molecule has 3 rings (SSSR count). The summed E-state index contributed by atoms with van der Waals surface area (Å²) in [5, 5.41) is 3.31. The van der Waals surface area contributed by atoms with Gasteiger partial charge in [0.25, 0.3) is 0 Å². The zero-order chi connectivity index (χ0) is 10.8. The number of rotatable bonds is 2. The lowest BCUT2D eigenvalue weighted by Gasteiger charge is -2.22. The molecule has 1 atom stereocenters. The van der Waals surface area contributed by atoms with Crippen LogP contribution in [0.4, 0.5) is 0 Å². The van der Waals surface area contributed by atoms with Gasteiger partial charge in [0, 0.05) is 18.0 Å². The summed E-state index contributed by atoms with van der Waals surface area (Å²) in [6.45, 7) is 2.93. The number of ether oxygens (including phenoxy) is 3. The average molecular weight is 239 g/mol. The van der Waals surface area contributed by atoms with Gasteiger partial charge in [-0.2, -0.15) is 0 Å². The molecule has 1 fully saturated rings. The minimum Gasteiger partial charge on any atom is -0.454 e. The normalized spacial score (nSPS) is 23.4. The largest absolute Gasteiger partial charge is 0.454 e. The van der Waals surface area contributed by atoms with Crippen molar-refractivity contribution in [1.29, 1.82) is 0 Å². The van der Waals surface area contributed by atoms with Crippen LogP contribution in [0.3, 0.4) is 0 Å². The fraction of sp³-hybridized carbons (Fsp3) is 0.455. The average Bonchev–Trinajstić information content (AvgIpc) is 2.77. The van der Waals surface area contributed by atoms with Crippen molar-refractivity contribution >= 4 is 11.8 Å². The van der Waals surface area contributed by atoms with Crippen LogP contribution in [0, 0.1) is 0 Å². The van der Waals surface area contributed by atoms with E-state index in [9.17, 15) is 0 Å². The molecule has 1 N–H and O–H groups in total. The number of nitrogens with one attached hydrogen (secondary N) is 1. The Balaban J connectivity index is 1.69. The molecule has 0 radical (unpaired) electrons. The summed E-state index contributed by atoms with van der Waals surface area (Å²) in [7, 11) is 0. The van der Waals surface area contributed by atoms with Gasteiger partial charge in [0.2, 0.25) is 6.79 Å². The van der Waals surface area contributed by atoms with Gasteiger partial charge in [0.15, 0.2) is 11.5 Å². The van der Waals surface area contributed by atoms with Crippen LogP contribution in [-0.2, 0) is 4.74 Å². The predicted molar refractivity (Wildman–Crippen MR) is 61.0 cm³/mol. The number of fused-ring (bicyclic) bond motifs is 1. The highest BCUT2D eigenvalue weighted by Crippen LogP contribution is 2.36. The Morgan fingerprint density at radius 1 is 1.25 bits per heavy atom. The molecule has 4 nitrogen and oxygen atoms in total. The molecule has 0 amide bonds. The van der Waals surface area contributed by atoms with Crippen LogP contribution in [0.15, 0.2) is 23.1 Å². The third kappa shape index (κ3) is 2.11. The lowest BCUT2D eigenvalue weighted by molar-refractivity contribution is 0.0853. The summed E-state index contributed by atoms with van der Waals surface area (Å²) >= 11 is 1.71. The molecule has 16 heavy (non-hydrogen) atoms. The molecule has 0 aliphatic carbocycles. The third-order valence-electron chi connectivity index (χ3n) is 2.51. The minimum absolute atomic E-state index is 0.189. The molecule has 0 spiro atoms. The van der Waals surface area contributed by atoms with Crippen LogP contribution in [0.5, 0.6) is 11.5 Å². The second kappa shape index (κ2) is 4.53. The van der Waals surface area contributed by atoms with Crippen molar-refractivity contribution in [2.24, 2.45) is 0 Å². The van der Waals surface area contributed by atoms with E-state index in [2.05, 4.69) is 5.32 Å². The van der Waals surface area contributed by atoms with Crippen molar-refractivity contribution in [2.75, 3.05) is 26.5 Å². The molecule has 2 aliphatic heterocycles. The predicted octanol–water partition coefficient (Wildman–Crippen LogP) is 1.45. The zero-order valence-electron chi connectivity index (χ0n) is 8.77. The highest BCUT2D eigenvalue weighted by atomic mass is 32.2. The summed E-state index contributed by atoms with van der Waals surface area (Å²) in [5.74, 6) is 1.65. The monoisotopic (exact) mass is 239 g/mol. The van der Waals surface area contributed by atoms with Gasteiger partial charge in [-0.3, -0.25) is 0 Å². The Kier molecular flexibility index (Phi) is 2.90. The first-order valence-electron chi connectivity index (χ1n) is 5.30. The maximum absolute atomic E-state index is 5.63. The highest BCUT2D eigenvalue weighted by Gasteiger charge is 2.17. The van der Waals surface area contributed by atoms with Crippen molar-refractivity contribution < 1.29 is 14.2 Å². The van der Waals surface area contributed by atoms with Crippen LogP contribution in [0.1, 0.15) is 0 Å². The van der Waals surface area contributed by atoms with E-state index in [4.69, 9.17) is 14.2 Å². The maximum Gasteiger partial charge on any atom is 0.231 e. The number of thioether (sulfide) groups is 1. The van der Waals surface area contributed by atoms with Gasteiger partial charge < -0.3 is 19.5 Å². The Bertz CT molecular complexity index is 379. The molecule has 2 aliphatic rings. The zero-order valence-corrected chi connectivity index (χ0v) is 9.59. The van der Waals surface area contributed by atoms with Crippen molar-refractivity contribution in [3.8, 4) is 11.5 Å². The molecular weight excluding hydrogens is 226 g/mol. The molecule has 5 heteroatoms. The van der Waals surface area contributed by atoms with Crippen molar-refractivity contribution in [1.82, 2.24) is 5.32 Å². The Hall–Kier alpha value is -0.910. The summed E-state index contributed by atoms with van der Waals surface area (Å²) in [4.78, 5) is 1.15. The first kappa shape index (κ1) is 10.3. The topological polar surface area (TPSA) is 39.7 Å². The van der Waals surface area contributed by atoms with E-state index < -0.39 is 0 Å². The fourth-order valence-corrected chi connectivity index (χ4v) is 2.71. The van der Waals surface area contributed by atoms with Gasteiger partial charge in [-0.15, -0.1) is 0 Å². The molecule has 1 aromatic rings. The van der Waals surface area contributed by atoms with Crippen molar-refractivity contribution in [3.63, 3.8) is 0 Å². The second-order valence-electron chi connectivity index (χ2n) is 3.64. The first-order chi connectivity index (χ1) is 7.92. The van der Waals surface area contributed by atoms with E-state index in [1.165, 1.54) is 0 Å². The molecule has 0 saturated carbocycles. The van der Waals surface area contributed by atoms with Crippen molar-refractivity contribution in [3.05, 3.63) is 18.2 Å². The van der Waals surface area contributed by atoms with Gasteiger partial charge in [-0.05, 0) is 18.2 Å². The smallest absolute Gasteiger partial charge is 0.231 e. The lowest BCUT2D eigenvalue weighted by atomic mass is 10.3. The van der Waals surface area contributed by atoms with E-state index >= 15 is 0 Å². The molecular formula is C11H13NO3S. The standard InChI is InChI=1S/C11H13NO3S/c1-2-9-10(15-7-14-9)5-8(1)16-11-6-12-3-4-13-11/h1-2,5,11-12H,3-4,6-7H2. The number of benzene rings is 1. The molecule has 86 valence electrons. The third-order valence-corrected chi connectivity index (χ3v) is 3.60. The first-order valence-corrected chi connectivity index (χ1v) is 6.18. The lowest BCUT2D eigenvalue weighted by Crippen LogP contribution is -2.36. The Morgan fingerprint density at radius 3 is 3.06 bits per heavy atom. The van der Waals surface area contributed by atoms with Gasteiger partial charge in [0.1, 0.15) is 5.44 Å². The van der Waals surface area contributed by atoms with Crippen molar-refractivity contribution in [2.45, 2.75) is 10.3 Å². The Morgan fingerprint density at radius 2 is 2.19 bits per heavy atom. The van der Waals surface area contributed by atoms with Crippen LogP contribution in [0.25, 0.3) is 0 Å². The number of morpholine rings is 1. The van der Waals surface area contributed by atoms with Crippen LogP contribution in [0.2, 0.25) is 0 Å². The number of hydrogen-bond acceptors (Lipinski definition) is 5. The van der Waals surface area contributed by atoms with E-state index in [1.807, 2.05) is 18.2 Å². The van der Waals surface area contributed by atoms with Crippen LogP contribution >= 0.6 is 11.8 Å². The highest BCUT2D eigenvalue weighted by molar-refractivity contribution is 7.99. The van der Waals surface area contributed by atoms with Crippen LogP contribution in [-0.4, -0.2) is 31.9 Å². The second-order valence-corrected chi connectivity index (χ2v) is 4.87. The molecule has 1 unspecified atom stereocenters. The quantitative estimate of drug-likeness (QED) is 0.846. The maximum atomic E-state index is 5.63. The molecule has 2 heterocycles. The summed E-state index contributed by atoms with van der Waals surface area (Å²) in [6.07, 6.45) is 0. The fourth-order valence-electron chi connectivity index (χ4n) is 1.72. The molecule has 0 bridgehead atoms. The van der Waals surface area contributed by atoms with Gasteiger partial charge in [-0.25, -0.2) is 0 Å². The number of hydrogen-bond donors (Lipinski definition) is 1. The minimum atomic E-state index is 0.189. The Labute approximate surface area is 98.3 Å². The van der Waals surface area contributed by atoms with Gasteiger partial charge in [-0.1, -0.05) is 11.8 Å². The van der Waals surface area contributed by atoms with Gasteiger partial charge in [0.05, 0.1) is 6.61 Å². The van der Waals surface area contributed by atoms with E-state index in [0.29, 0.717) is 6.79 Å². The van der Waals surface area contributed by atoms with Gasteiger partial charge >= 0.3 is 0 Å². The molecule has 0 aromatic heterocycles. The molecule has 1 saturated heterocycles. The summed E-state index contributed by atoms with van der Waals surface area (Å²) < 4.78 is 16.2. The molecule has 1 aromatic carbocycles. The van der Waals surface area contributed by atoms with E-state index in [1.54, 1.807) is 11.8 Å². The van der Waals surface area contributed by atoms with Crippen LogP contribution < -0.4 is 14.8 Å². The van der Waals surface area contributed by atoms with E-state index in [0.717, 1.165) is 36.1 Å².